The largest absolute Gasteiger partial charge is 0.497 e. The smallest absolute Gasteiger partial charge is 0.185 e. The van der Waals surface area contributed by atoms with Crippen molar-refractivity contribution in [1.82, 2.24) is 19.5 Å². The van der Waals surface area contributed by atoms with Gasteiger partial charge in [-0.25, -0.2) is 19.3 Å². The van der Waals surface area contributed by atoms with Crippen LogP contribution in [0.25, 0.3) is 11.2 Å². The molecule has 2 aromatic heterocycles. The predicted octanol–water partition coefficient (Wildman–Crippen LogP) is 5.50. The second-order valence-corrected chi connectivity index (χ2v) is 11.3. The van der Waals surface area contributed by atoms with Crippen LogP contribution in [-0.4, -0.2) is 56.7 Å². The summed E-state index contributed by atoms with van der Waals surface area (Å²) < 4.78 is 41.1. The summed E-state index contributed by atoms with van der Waals surface area (Å²) in [4.78, 5) is 14.3. The van der Waals surface area contributed by atoms with Crippen molar-refractivity contribution in [3.8, 4) is 5.75 Å². The molecule has 0 bridgehead atoms. The summed E-state index contributed by atoms with van der Waals surface area (Å²) in [5.74, 6) is 1.73. The van der Waals surface area contributed by atoms with E-state index in [1.54, 1.807) is 31.9 Å². The van der Waals surface area contributed by atoms with E-state index in [9.17, 15) is 4.39 Å². The van der Waals surface area contributed by atoms with Gasteiger partial charge in [0.15, 0.2) is 29.5 Å². The molecule has 9 nitrogen and oxygen atoms in total. The number of fused-ring (bicyclic) bond motifs is 2. The first kappa shape index (κ1) is 25.7. The van der Waals surface area contributed by atoms with Crippen LogP contribution in [0, 0.1) is 5.82 Å². The Morgan fingerprint density at radius 2 is 1.80 bits per heavy atom. The third-order valence-electron chi connectivity index (χ3n) is 7.80. The molecule has 2 saturated heterocycles. The second kappa shape index (κ2) is 11.0. The van der Waals surface area contributed by atoms with Gasteiger partial charge < -0.3 is 24.3 Å². The van der Waals surface area contributed by atoms with Crippen LogP contribution in [0.15, 0.2) is 66.1 Å². The molecule has 5 atom stereocenters. The van der Waals surface area contributed by atoms with Crippen molar-refractivity contribution in [3.63, 3.8) is 0 Å². The number of aromatic nitrogens is 4. The molecule has 3 fully saturated rings. The third kappa shape index (κ3) is 4.81. The molecule has 3 aliphatic rings. The van der Waals surface area contributed by atoms with Crippen molar-refractivity contribution < 1.29 is 23.3 Å². The lowest BCUT2D eigenvalue weighted by atomic mass is 10.1. The molecule has 4 aromatic rings. The van der Waals surface area contributed by atoms with Crippen molar-refractivity contribution in [2.75, 3.05) is 18.2 Å². The maximum absolute atomic E-state index is 14.4. The Bertz CT molecular complexity index is 1480. The quantitative estimate of drug-likeness (QED) is 0.279. The summed E-state index contributed by atoms with van der Waals surface area (Å²) in [6.45, 7) is 0. The second-order valence-electron chi connectivity index (χ2n) is 10.3. The van der Waals surface area contributed by atoms with Crippen molar-refractivity contribution in [3.05, 3.63) is 72.6 Å². The highest BCUT2D eigenvalue weighted by Gasteiger charge is 2.54. The Morgan fingerprint density at radius 1 is 1.00 bits per heavy atom. The zero-order chi connectivity index (χ0) is 27.1. The highest BCUT2D eigenvalue weighted by molar-refractivity contribution is 7.99. The van der Waals surface area contributed by atoms with E-state index in [1.165, 1.54) is 30.7 Å². The number of thioether (sulfide) groups is 1. The molecular formula is C29H30FN5O4S. The predicted molar refractivity (Wildman–Crippen MR) is 148 cm³/mol. The fraction of sp³-hybridized carbons (Fsp3) is 0.414. The average molecular weight is 564 g/mol. The highest BCUT2D eigenvalue weighted by atomic mass is 32.2. The van der Waals surface area contributed by atoms with E-state index in [-0.39, 0.29) is 18.0 Å². The van der Waals surface area contributed by atoms with Gasteiger partial charge in [0.25, 0.3) is 0 Å². The first-order valence-corrected chi connectivity index (χ1v) is 14.6. The van der Waals surface area contributed by atoms with Gasteiger partial charge in [-0.2, -0.15) is 0 Å². The molecule has 4 heterocycles. The normalized spacial score (nSPS) is 26.4. The van der Waals surface area contributed by atoms with Gasteiger partial charge in [0, 0.05) is 22.3 Å². The number of methoxy groups -OCH3 is 1. The molecule has 7 rings (SSSR count). The maximum atomic E-state index is 14.4. The Balaban J connectivity index is 1.18. The lowest BCUT2D eigenvalue weighted by molar-refractivity contribution is -0.143. The summed E-state index contributed by atoms with van der Waals surface area (Å²) in [6, 6.07) is 14.8. The summed E-state index contributed by atoms with van der Waals surface area (Å²) in [6.07, 6.45) is 5.75. The minimum atomic E-state index is -0.572. The number of anilines is 1. The van der Waals surface area contributed by atoms with Crippen molar-refractivity contribution >= 4 is 28.7 Å². The molecular weight excluding hydrogens is 533 g/mol. The van der Waals surface area contributed by atoms with E-state index in [0.717, 1.165) is 30.0 Å². The van der Waals surface area contributed by atoms with E-state index in [4.69, 9.17) is 18.9 Å². The molecule has 2 aromatic carbocycles. The Morgan fingerprint density at radius 3 is 2.60 bits per heavy atom. The van der Waals surface area contributed by atoms with E-state index in [1.807, 2.05) is 34.9 Å². The zero-order valence-corrected chi connectivity index (χ0v) is 22.8. The number of hydrogen-bond acceptors (Lipinski definition) is 9. The van der Waals surface area contributed by atoms with Crippen LogP contribution in [-0.2, 0) is 14.2 Å². The van der Waals surface area contributed by atoms with E-state index in [2.05, 4.69) is 20.3 Å². The first-order valence-electron chi connectivity index (χ1n) is 13.6. The molecule has 1 saturated carbocycles. The number of ether oxygens (including phenoxy) is 4. The van der Waals surface area contributed by atoms with Crippen LogP contribution >= 0.6 is 11.8 Å². The van der Waals surface area contributed by atoms with Crippen LogP contribution in [0.5, 0.6) is 5.75 Å². The van der Waals surface area contributed by atoms with Crippen LogP contribution in [0.2, 0.25) is 0 Å². The lowest BCUT2D eigenvalue weighted by Gasteiger charge is -2.21. The number of benzene rings is 2. The van der Waals surface area contributed by atoms with Crippen LogP contribution < -0.4 is 10.1 Å². The Hall–Kier alpha value is -3.25. The standard InChI is InChI=1S/C29H30FN5O4S/c1-36-19-12-10-17(11-13-19)29-38-24-21(14-40-22-9-5-4-8-20(22)30)37-28(25(24)39-29)35-16-33-23-26(31-15-32-27(23)35)34-18-6-2-3-7-18/h4-5,8-13,15-16,18,21,24-25,28-29H,2-3,6-7,14H2,1H3,(H,31,32,34)/t21-,24-,25-,28?,29?/m1/s1. The van der Waals surface area contributed by atoms with E-state index < -0.39 is 18.6 Å². The highest BCUT2D eigenvalue weighted by Crippen LogP contribution is 2.46. The monoisotopic (exact) mass is 563 g/mol. The molecule has 0 radical (unpaired) electrons. The van der Waals surface area contributed by atoms with E-state index >= 15 is 0 Å². The van der Waals surface area contributed by atoms with Gasteiger partial charge in [0.05, 0.1) is 19.5 Å². The Labute approximate surface area is 235 Å². The maximum Gasteiger partial charge on any atom is 0.185 e. The molecule has 208 valence electrons. The van der Waals surface area contributed by atoms with Crippen molar-refractivity contribution in [2.24, 2.45) is 0 Å². The summed E-state index contributed by atoms with van der Waals surface area (Å²) >= 11 is 1.41. The fourth-order valence-corrected chi connectivity index (χ4v) is 6.74. The zero-order valence-electron chi connectivity index (χ0n) is 22.0. The minimum Gasteiger partial charge on any atom is -0.497 e. The van der Waals surface area contributed by atoms with Gasteiger partial charge in [0.1, 0.15) is 30.1 Å². The van der Waals surface area contributed by atoms with Gasteiger partial charge in [-0.1, -0.05) is 37.1 Å². The number of nitrogens with zero attached hydrogens (tertiary/aromatic N) is 4. The Kier molecular flexibility index (Phi) is 7.04. The number of hydrogen-bond donors (Lipinski definition) is 1. The van der Waals surface area contributed by atoms with Crippen molar-refractivity contribution in [2.45, 2.75) is 67.5 Å². The van der Waals surface area contributed by atoms with Gasteiger partial charge in [-0.05, 0) is 37.1 Å². The van der Waals surface area contributed by atoms with Gasteiger partial charge in [-0.15, -0.1) is 11.8 Å². The third-order valence-corrected chi connectivity index (χ3v) is 8.94. The molecule has 1 N–H and O–H groups in total. The van der Waals surface area contributed by atoms with Crippen LogP contribution in [0.4, 0.5) is 10.2 Å². The molecule has 0 spiro atoms. The topological polar surface area (TPSA) is 92.6 Å². The van der Waals surface area contributed by atoms with Gasteiger partial charge in [-0.3, -0.25) is 4.57 Å². The summed E-state index contributed by atoms with van der Waals surface area (Å²) in [5, 5.41) is 3.55. The molecule has 11 heteroatoms. The SMILES string of the molecule is COc1ccc(C2O[C@@H]3[C@@H](CSc4ccccc4F)OC(n4cnc5c(NC6CCCC6)ncnc54)[C@@H]3O2)cc1. The number of imidazole rings is 1. The number of nitrogens with one attached hydrogen (secondary N) is 1. The molecule has 2 aliphatic heterocycles. The van der Waals surface area contributed by atoms with Gasteiger partial charge >= 0.3 is 0 Å². The first-order chi connectivity index (χ1) is 19.7. The fourth-order valence-electron chi connectivity index (χ4n) is 5.75. The summed E-state index contributed by atoms with van der Waals surface area (Å²) in [7, 11) is 1.63. The van der Waals surface area contributed by atoms with Gasteiger partial charge in [0.2, 0.25) is 0 Å². The minimum absolute atomic E-state index is 0.252. The molecule has 1 aliphatic carbocycles. The molecule has 2 unspecified atom stereocenters. The lowest BCUT2D eigenvalue weighted by Crippen LogP contribution is -2.30. The number of halogens is 1. The number of rotatable bonds is 8. The molecule has 0 amide bonds. The summed E-state index contributed by atoms with van der Waals surface area (Å²) in [5.41, 5.74) is 2.25. The van der Waals surface area contributed by atoms with Crippen LogP contribution in [0.1, 0.15) is 43.8 Å². The van der Waals surface area contributed by atoms with Crippen LogP contribution in [0.3, 0.4) is 0 Å². The molecule has 40 heavy (non-hydrogen) atoms. The van der Waals surface area contributed by atoms with E-state index in [0.29, 0.717) is 27.9 Å². The average Bonchev–Trinajstić information content (AvgIpc) is 3.78. The van der Waals surface area contributed by atoms with Crippen molar-refractivity contribution in [1.29, 1.82) is 0 Å².